The van der Waals surface area contributed by atoms with Gasteiger partial charge in [-0.05, 0) is 59.9 Å². The van der Waals surface area contributed by atoms with E-state index in [1.165, 1.54) is 11.8 Å². The highest BCUT2D eigenvalue weighted by Crippen LogP contribution is 2.36. The number of nitriles is 1. The van der Waals surface area contributed by atoms with Crippen molar-refractivity contribution in [3.63, 3.8) is 0 Å². The third kappa shape index (κ3) is 7.98. The molecule has 1 aliphatic rings. The molecule has 0 saturated heterocycles. The van der Waals surface area contributed by atoms with Crippen LogP contribution >= 0.6 is 0 Å². The van der Waals surface area contributed by atoms with E-state index in [1.54, 1.807) is 48.7 Å². The minimum Gasteiger partial charge on any atom is -0.481 e. The van der Waals surface area contributed by atoms with E-state index in [9.17, 15) is 29.5 Å². The molecule has 0 aromatic heterocycles. The van der Waals surface area contributed by atoms with Crippen molar-refractivity contribution in [2.75, 3.05) is 10.6 Å². The molecule has 3 aromatic rings. The van der Waals surface area contributed by atoms with Gasteiger partial charge in [-0.2, -0.15) is 5.26 Å². The number of aliphatic imine (C=N–C) groups is 1. The Morgan fingerprint density at radius 1 is 0.977 bits per heavy atom. The summed E-state index contributed by atoms with van der Waals surface area (Å²) in [5.41, 5.74) is 5.06. The van der Waals surface area contributed by atoms with Crippen LogP contribution in [0.4, 0.5) is 11.4 Å². The highest BCUT2D eigenvalue weighted by Gasteiger charge is 2.38. The number of rotatable bonds is 10. The molecule has 1 aliphatic heterocycles. The maximum Gasteiger partial charge on any atom is 0.326 e. The fourth-order valence-corrected chi connectivity index (χ4v) is 4.93. The van der Waals surface area contributed by atoms with Gasteiger partial charge >= 0.3 is 11.9 Å². The number of guanidine groups is 1. The monoisotopic (exact) mass is 596 g/mol. The number of aliphatic carboxylic acids is 2. The van der Waals surface area contributed by atoms with Crippen LogP contribution in [0.2, 0.25) is 0 Å². The summed E-state index contributed by atoms with van der Waals surface area (Å²) in [5, 5.41) is 36.6. The smallest absolute Gasteiger partial charge is 0.326 e. The van der Waals surface area contributed by atoms with Crippen molar-refractivity contribution in [1.29, 1.82) is 5.26 Å². The summed E-state index contributed by atoms with van der Waals surface area (Å²) in [7, 11) is 0. The van der Waals surface area contributed by atoms with Crippen LogP contribution in [0, 0.1) is 18.4 Å². The van der Waals surface area contributed by atoms with Gasteiger partial charge in [-0.1, -0.05) is 48.0 Å². The first kappa shape index (κ1) is 31.2. The van der Waals surface area contributed by atoms with Gasteiger partial charge in [0.25, 0.3) is 0 Å². The third-order valence-electron chi connectivity index (χ3n) is 7.19. The van der Waals surface area contributed by atoms with Crippen molar-refractivity contribution >= 4 is 41.1 Å². The summed E-state index contributed by atoms with van der Waals surface area (Å²) in [4.78, 5) is 54.2. The zero-order chi connectivity index (χ0) is 31.8. The topological polar surface area (TPSA) is 184 Å². The average molecular weight is 597 g/mol. The van der Waals surface area contributed by atoms with Crippen LogP contribution in [0.1, 0.15) is 47.2 Å². The molecule has 12 heteroatoms. The molecule has 3 aromatic carbocycles. The summed E-state index contributed by atoms with van der Waals surface area (Å²) in [6, 6.07) is 17.2. The lowest BCUT2D eigenvalue weighted by molar-refractivity contribution is -0.144. The minimum absolute atomic E-state index is 0.00220. The van der Waals surface area contributed by atoms with E-state index in [1.807, 2.05) is 31.2 Å². The molecule has 0 fully saturated rings. The number of hydrogen-bond donors (Lipinski definition) is 5. The van der Waals surface area contributed by atoms with Crippen molar-refractivity contribution < 1.29 is 29.4 Å². The Hall–Kier alpha value is -5.70. The first-order chi connectivity index (χ1) is 21.0. The van der Waals surface area contributed by atoms with Crippen molar-refractivity contribution in [2.24, 2.45) is 4.99 Å². The van der Waals surface area contributed by atoms with Gasteiger partial charge in [0.15, 0.2) is 0 Å². The molecule has 4 rings (SSSR count). The Morgan fingerprint density at radius 3 is 2.23 bits per heavy atom. The van der Waals surface area contributed by atoms with Gasteiger partial charge in [-0.15, -0.1) is 4.99 Å². The molecule has 0 spiro atoms. The van der Waals surface area contributed by atoms with Gasteiger partial charge in [0.1, 0.15) is 12.1 Å². The Balaban J connectivity index is 1.49. The quantitative estimate of drug-likeness (QED) is 0.133. The van der Waals surface area contributed by atoms with Gasteiger partial charge in [0.2, 0.25) is 24.0 Å². The zero-order valence-corrected chi connectivity index (χ0v) is 24.2. The lowest BCUT2D eigenvalue weighted by atomic mass is 10.0. The summed E-state index contributed by atoms with van der Waals surface area (Å²) in [6.07, 6.45) is 2.09. The van der Waals surface area contributed by atoms with E-state index in [0.717, 1.165) is 16.8 Å². The van der Waals surface area contributed by atoms with E-state index >= 15 is 0 Å². The number of fused-ring (bicyclic) bond motifs is 1. The molecule has 0 radical (unpaired) electrons. The first-order valence-corrected chi connectivity index (χ1v) is 13.8. The predicted molar refractivity (Wildman–Crippen MR) is 163 cm³/mol. The molecular formula is C32H32N6O6. The molecule has 5 N–H and O–H groups in total. The lowest BCUT2D eigenvalue weighted by Gasteiger charge is -2.25. The number of carbonyl (C=O) groups excluding carboxylic acids is 2. The number of carboxylic acid groups (broad SMARTS) is 2. The van der Waals surface area contributed by atoms with Crippen LogP contribution in [0.25, 0.3) is 0 Å². The number of anilines is 2. The third-order valence-corrected chi connectivity index (χ3v) is 7.19. The molecule has 2 atom stereocenters. The summed E-state index contributed by atoms with van der Waals surface area (Å²) in [5.74, 6) is -2.93. The molecule has 0 bridgehead atoms. The molecule has 12 nitrogen and oxygen atoms in total. The normalized spacial score (nSPS) is 14.6. The van der Waals surface area contributed by atoms with Gasteiger partial charge in [0.05, 0.1) is 0 Å². The molecule has 226 valence electrons. The number of carbonyl (C=O) groups is 4. The number of nitrogens with zero attached hydrogens (tertiary/aromatic N) is 3. The standard InChI is InChI=1S/C32H32N6O6/c1-19-3-10-24(11-4-19)35-32(34-18-33)36-25-12-13-26-23(16-25)17-38(20(2)39)29(26)30(42)37-27(31(43)44)15-22-7-5-21(6-8-22)9-14-28(40)41/h3-8,10-13,16,27,29H,9,14-15,17H2,1-2H3,(H,37,42)(H,40,41)(H,43,44)(H2,34,35,36). The van der Waals surface area contributed by atoms with Crippen LogP contribution in [0.5, 0.6) is 0 Å². The Labute approximate surface area is 254 Å². The highest BCUT2D eigenvalue weighted by atomic mass is 16.4. The van der Waals surface area contributed by atoms with Gasteiger partial charge in [0, 0.05) is 37.7 Å². The second-order valence-electron chi connectivity index (χ2n) is 10.5. The van der Waals surface area contributed by atoms with Crippen LogP contribution in [0.3, 0.4) is 0 Å². The fourth-order valence-electron chi connectivity index (χ4n) is 4.93. The van der Waals surface area contributed by atoms with Crippen molar-refractivity contribution in [1.82, 2.24) is 10.2 Å². The largest absolute Gasteiger partial charge is 0.481 e. The second-order valence-corrected chi connectivity index (χ2v) is 10.5. The van der Waals surface area contributed by atoms with Gasteiger partial charge in [-0.3, -0.25) is 14.4 Å². The number of hydrogen-bond acceptors (Lipinski definition) is 6. The maximum atomic E-state index is 13.5. The van der Waals surface area contributed by atoms with Gasteiger partial charge in [-0.25, -0.2) is 4.79 Å². The van der Waals surface area contributed by atoms with Crippen molar-refractivity contribution in [2.45, 2.75) is 51.7 Å². The van der Waals surface area contributed by atoms with E-state index in [4.69, 9.17) is 5.11 Å². The average Bonchev–Trinajstić information content (AvgIpc) is 3.37. The van der Waals surface area contributed by atoms with Crippen molar-refractivity contribution in [3.05, 3.63) is 94.5 Å². The number of nitrogens with one attached hydrogen (secondary N) is 3. The van der Waals surface area contributed by atoms with Crippen LogP contribution in [0.15, 0.2) is 71.7 Å². The first-order valence-electron chi connectivity index (χ1n) is 13.8. The molecule has 2 unspecified atom stereocenters. The van der Waals surface area contributed by atoms with Crippen LogP contribution in [-0.2, 0) is 38.6 Å². The maximum absolute atomic E-state index is 13.5. The minimum atomic E-state index is -1.26. The van der Waals surface area contributed by atoms with E-state index in [-0.39, 0.29) is 31.3 Å². The molecule has 44 heavy (non-hydrogen) atoms. The molecule has 0 saturated carbocycles. The fraction of sp³-hybridized carbons (Fsp3) is 0.250. The van der Waals surface area contributed by atoms with Crippen LogP contribution < -0.4 is 16.0 Å². The molecule has 2 amide bonds. The summed E-state index contributed by atoms with van der Waals surface area (Å²) >= 11 is 0. The Bertz CT molecular complexity index is 1630. The van der Waals surface area contributed by atoms with E-state index in [2.05, 4.69) is 20.9 Å². The van der Waals surface area contributed by atoms with Crippen molar-refractivity contribution in [3.8, 4) is 6.19 Å². The van der Waals surface area contributed by atoms with E-state index in [0.29, 0.717) is 28.8 Å². The van der Waals surface area contributed by atoms with Crippen LogP contribution in [-0.4, -0.2) is 50.9 Å². The SMILES string of the molecule is CC(=O)N1Cc2cc(NC(=NC#N)Nc3ccc(C)cc3)ccc2C1C(=O)NC(Cc1ccc(CCC(=O)O)cc1)C(=O)O. The summed E-state index contributed by atoms with van der Waals surface area (Å²) in [6.45, 7) is 3.43. The Morgan fingerprint density at radius 2 is 1.61 bits per heavy atom. The molecule has 0 aliphatic carbocycles. The zero-order valence-electron chi connectivity index (χ0n) is 24.2. The van der Waals surface area contributed by atoms with Gasteiger partial charge < -0.3 is 31.1 Å². The second kappa shape index (κ2) is 14.0. The Kier molecular flexibility index (Phi) is 9.92. The molecule has 1 heterocycles. The highest BCUT2D eigenvalue weighted by molar-refractivity contribution is 6.04. The number of amides is 2. The number of aryl methyl sites for hydroxylation is 2. The number of carboxylic acids is 2. The summed E-state index contributed by atoms with van der Waals surface area (Å²) < 4.78 is 0. The predicted octanol–water partition coefficient (Wildman–Crippen LogP) is 3.59. The lowest BCUT2D eigenvalue weighted by Crippen LogP contribution is -2.47. The number of benzene rings is 3. The molecular weight excluding hydrogens is 564 g/mol. The van der Waals surface area contributed by atoms with E-state index < -0.39 is 29.9 Å².